The van der Waals surface area contributed by atoms with E-state index in [1.165, 1.54) is 24.0 Å². The Kier molecular flexibility index (Phi) is 10.3. The third-order valence-electron chi connectivity index (χ3n) is 8.50. The molecule has 0 saturated carbocycles. The number of sulfone groups is 1. The number of piperidine rings is 1. The number of carbonyl (C=O) groups excluding carboxylic acids is 1. The van der Waals surface area contributed by atoms with Crippen LogP contribution in [0.25, 0.3) is 22.3 Å². The van der Waals surface area contributed by atoms with E-state index < -0.39 is 28.0 Å². The number of rotatable bonds is 6. The molecule has 12 nitrogen and oxygen atoms in total. The van der Waals surface area contributed by atoms with Crippen molar-refractivity contribution in [2.45, 2.75) is 37.4 Å². The second kappa shape index (κ2) is 13.9. The number of alkyl halides is 3. The van der Waals surface area contributed by atoms with Crippen LogP contribution in [-0.4, -0.2) is 89.3 Å². The number of benzene rings is 2. The van der Waals surface area contributed by atoms with Gasteiger partial charge in [-0.25, -0.2) is 27.8 Å². The lowest BCUT2D eigenvalue weighted by molar-refractivity contribution is -0.192. The van der Waals surface area contributed by atoms with E-state index in [1.54, 1.807) is 35.2 Å². The van der Waals surface area contributed by atoms with E-state index >= 15 is 0 Å². The van der Waals surface area contributed by atoms with Gasteiger partial charge in [0.2, 0.25) is 0 Å². The Bertz CT molecular complexity index is 2010. The van der Waals surface area contributed by atoms with Crippen LogP contribution in [0.1, 0.15) is 34.3 Å². The van der Waals surface area contributed by atoms with E-state index in [0.29, 0.717) is 25.1 Å². The zero-order valence-corrected chi connectivity index (χ0v) is 29.1. The number of H-pyrrole nitrogens is 1. The summed E-state index contributed by atoms with van der Waals surface area (Å²) in [5, 5.41) is 17.1. The standard InChI is InChI=1S/C30H30IN5O5S.C2HF3O2/c1-34-24-15-32-28-25(23(24)17-36(30(34)39)21-9-7-20(8-10-21)29(37)38)26(31)27(33-28)19-5-3-18(4-6-19)16-35-13-11-22(12-14-35)42(2,40)41;3-2(4,5)1(6)7/h3-10,15,22H,11-14,16-17H2,1-2H3,(H,32,33)(H,37,38);(H,6,7). The van der Waals surface area contributed by atoms with Gasteiger partial charge < -0.3 is 15.2 Å². The third-order valence-corrected chi connectivity index (χ3v) is 11.3. The molecule has 3 N–H and O–H groups in total. The van der Waals surface area contributed by atoms with Gasteiger partial charge in [0.05, 0.1) is 34.9 Å². The molecule has 0 unspecified atom stereocenters. The van der Waals surface area contributed by atoms with Crippen LogP contribution in [0.15, 0.2) is 54.7 Å². The minimum Gasteiger partial charge on any atom is -0.478 e. The van der Waals surface area contributed by atoms with Crippen LogP contribution in [0.2, 0.25) is 0 Å². The molecule has 0 radical (unpaired) electrons. The van der Waals surface area contributed by atoms with Crippen LogP contribution in [0.3, 0.4) is 0 Å². The molecule has 6 rings (SSSR count). The van der Waals surface area contributed by atoms with Gasteiger partial charge >= 0.3 is 24.1 Å². The van der Waals surface area contributed by atoms with E-state index in [1.807, 2.05) is 0 Å². The van der Waals surface area contributed by atoms with Crippen molar-refractivity contribution in [3.8, 4) is 11.3 Å². The number of carboxylic acid groups (broad SMARTS) is 2. The average Bonchev–Trinajstić information content (AvgIpc) is 3.39. The van der Waals surface area contributed by atoms with Crippen molar-refractivity contribution in [3.05, 3.63) is 75.0 Å². The number of likely N-dealkylation sites (tertiary alicyclic amines) is 1. The number of nitrogens with zero attached hydrogens (tertiary/aromatic N) is 4. The van der Waals surface area contributed by atoms with Gasteiger partial charge in [-0.05, 0) is 83.9 Å². The summed E-state index contributed by atoms with van der Waals surface area (Å²) in [4.78, 5) is 47.1. The van der Waals surface area contributed by atoms with Crippen molar-refractivity contribution in [2.24, 2.45) is 0 Å². The van der Waals surface area contributed by atoms with Gasteiger partial charge in [-0.3, -0.25) is 14.7 Å². The number of hydrogen-bond acceptors (Lipinski definition) is 7. The number of aromatic carboxylic acids is 1. The molecule has 2 aromatic carbocycles. The number of urea groups is 1. The lowest BCUT2D eigenvalue weighted by Crippen LogP contribution is -2.45. The Labute approximate surface area is 292 Å². The average molecular weight is 814 g/mol. The predicted octanol–water partition coefficient (Wildman–Crippen LogP) is 5.75. The van der Waals surface area contributed by atoms with Crippen LogP contribution in [-0.2, 0) is 27.7 Å². The zero-order valence-electron chi connectivity index (χ0n) is 26.2. The number of anilines is 2. The SMILES string of the molecule is CN1C(=O)N(c2ccc(C(=O)O)cc2)Cc2c1cnc1[nH]c(-c3ccc(CN4CCC(S(C)(=O)=O)CC4)cc3)c(I)c21.O=C(O)C(F)(F)F. The number of halogens is 4. The Hall–Kier alpha value is -4.23. The molecule has 2 aliphatic heterocycles. The first-order chi connectivity index (χ1) is 23.0. The number of carbonyl (C=O) groups is 3. The maximum absolute atomic E-state index is 13.3. The van der Waals surface area contributed by atoms with Crippen LogP contribution < -0.4 is 9.80 Å². The van der Waals surface area contributed by atoms with Gasteiger partial charge in [-0.15, -0.1) is 0 Å². The van der Waals surface area contributed by atoms with E-state index in [0.717, 1.165) is 56.7 Å². The molecular formula is C32H31F3IN5O7S. The largest absolute Gasteiger partial charge is 0.490 e. The van der Waals surface area contributed by atoms with E-state index in [9.17, 15) is 36.3 Å². The molecule has 49 heavy (non-hydrogen) atoms. The topological polar surface area (TPSA) is 164 Å². The third kappa shape index (κ3) is 7.83. The van der Waals surface area contributed by atoms with Crippen molar-refractivity contribution in [1.29, 1.82) is 0 Å². The molecule has 4 heterocycles. The lowest BCUT2D eigenvalue weighted by atomic mass is 10.0. The molecule has 4 aromatic rings. The fourth-order valence-corrected chi connectivity index (χ4v) is 7.94. The number of pyridine rings is 1. The second-order valence-electron chi connectivity index (χ2n) is 11.7. The van der Waals surface area contributed by atoms with Gasteiger partial charge in [-0.1, -0.05) is 24.3 Å². The smallest absolute Gasteiger partial charge is 0.478 e. The van der Waals surface area contributed by atoms with Gasteiger partial charge in [0.15, 0.2) is 0 Å². The maximum Gasteiger partial charge on any atom is 0.490 e. The number of aliphatic carboxylic acids is 1. The molecule has 1 saturated heterocycles. The highest BCUT2D eigenvalue weighted by atomic mass is 127. The van der Waals surface area contributed by atoms with Gasteiger partial charge in [-0.2, -0.15) is 13.2 Å². The minimum absolute atomic E-state index is 0.163. The fourth-order valence-electron chi connectivity index (χ4n) is 5.84. The summed E-state index contributed by atoms with van der Waals surface area (Å²) in [6.45, 7) is 2.65. The van der Waals surface area contributed by atoms with Crippen LogP contribution >= 0.6 is 22.6 Å². The normalized spacial score (nSPS) is 15.9. The summed E-state index contributed by atoms with van der Waals surface area (Å²) in [5.41, 5.74) is 6.36. The number of hydrogen-bond donors (Lipinski definition) is 3. The van der Waals surface area contributed by atoms with Crippen molar-refractivity contribution in [1.82, 2.24) is 14.9 Å². The minimum atomic E-state index is -5.08. The molecule has 0 atom stereocenters. The number of aromatic amines is 1. The monoisotopic (exact) mass is 813 g/mol. The molecule has 2 aromatic heterocycles. The summed E-state index contributed by atoms with van der Waals surface area (Å²) in [6, 6.07) is 14.5. The van der Waals surface area contributed by atoms with Crippen LogP contribution in [0, 0.1) is 3.57 Å². The van der Waals surface area contributed by atoms with Gasteiger partial charge in [0, 0.05) is 40.1 Å². The summed E-state index contributed by atoms with van der Waals surface area (Å²) in [5.74, 6) is -3.77. The highest BCUT2D eigenvalue weighted by Gasteiger charge is 2.38. The molecular weight excluding hydrogens is 782 g/mol. The van der Waals surface area contributed by atoms with Crippen LogP contribution in [0.5, 0.6) is 0 Å². The summed E-state index contributed by atoms with van der Waals surface area (Å²) >= 11 is 2.33. The highest BCUT2D eigenvalue weighted by molar-refractivity contribution is 14.1. The second-order valence-corrected chi connectivity index (χ2v) is 15.1. The Morgan fingerprint density at radius 2 is 1.63 bits per heavy atom. The number of fused-ring (bicyclic) bond motifs is 3. The predicted molar refractivity (Wildman–Crippen MR) is 184 cm³/mol. The molecule has 0 bridgehead atoms. The van der Waals surface area contributed by atoms with E-state index in [2.05, 4.69) is 61.7 Å². The fraction of sp³-hybridized carbons (Fsp3) is 0.312. The van der Waals surface area contributed by atoms with Crippen molar-refractivity contribution < 1.29 is 46.2 Å². The first kappa shape index (κ1) is 36.1. The summed E-state index contributed by atoms with van der Waals surface area (Å²) in [6.07, 6.45) is -0.689. The quantitative estimate of drug-likeness (QED) is 0.206. The molecule has 0 spiro atoms. The number of amides is 2. The highest BCUT2D eigenvalue weighted by Crippen LogP contribution is 2.40. The van der Waals surface area contributed by atoms with Gasteiger partial charge in [0.25, 0.3) is 0 Å². The molecule has 0 aliphatic carbocycles. The number of aromatic nitrogens is 2. The Morgan fingerprint density at radius 3 is 2.16 bits per heavy atom. The van der Waals surface area contributed by atoms with Crippen molar-refractivity contribution in [3.63, 3.8) is 0 Å². The Balaban J connectivity index is 0.000000606. The summed E-state index contributed by atoms with van der Waals surface area (Å²) in [7, 11) is -1.27. The van der Waals surface area contributed by atoms with E-state index in [-0.39, 0.29) is 16.8 Å². The first-order valence-electron chi connectivity index (χ1n) is 14.8. The zero-order chi connectivity index (χ0) is 35.8. The number of nitrogens with one attached hydrogen (secondary N) is 1. The molecule has 1 fully saturated rings. The summed E-state index contributed by atoms with van der Waals surface area (Å²) < 4.78 is 56.5. The number of carboxylic acids is 2. The Morgan fingerprint density at radius 1 is 1.04 bits per heavy atom. The molecule has 2 aliphatic rings. The van der Waals surface area contributed by atoms with E-state index in [4.69, 9.17) is 9.90 Å². The molecule has 2 amide bonds. The van der Waals surface area contributed by atoms with Gasteiger partial charge in [0.1, 0.15) is 15.5 Å². The van der Waals surface area contributed by atoms with Crippen molar-refractivity contribution >= 4 is 72.8 Å². The molecule has 17 heteroatoms. The lowest BCUT2D eigenvalue weighted by Gasteiger charge is -2.35. The van der Waals surface area contributed by atoms with Crippen molar-refractivity contribution in [2.75, 3.05) is 36.2 Å². The first-order valence-corrected chi connectivity index (χ1v) is 17.9. The molecule has 260 valence electrons. The maximum atomic E-state index is 13.3. The van der Waals surface area contributed by atoms with Crippen LogP contribution in [0.4, 0.5) is 29.3 Å².